The Morgan fingerprint density at radius 3 is 2.84 bits per heavy atom. The van der Waals surface area contributed by atoms with E-state index in [4.69, 9.17) is 15.6 Å². The van der Waals surface area contributed by atoms with E-state index >= 15 is 0 Å². The standard InChI is InChI=1S/C14H22N2O3/c1-3-19-13-5-4-11(8-10(13)2)6-7-16-9-12(15)14(17)18/h4-5,8,12,16H,3,6-7,9,15H2,1-2H3,(H,17,18). The van der Waals surface area contributed by atoms with E-state index < -0.39 is 12.0 Å². The second-order valence-electron chi connectivity index (χ2n) is 4.43. The highest BCUT2D eigenvalue weighted by atomic mass is 16.5. The minimum absolute atomic E-state index is 0.283. The number of ether oxygens (including phenoxy) is 1. The van der Waals surface area contributed by atoms with Crippen LogP contribution < -0.4 is 15.8 Å². The number of hydrogen-bond donors (Lipinski definition) is 3. The van der Waals surface area contributed by atoms with Gasteiger partial charge >= 0.3 is 5.97 Å². The molecule has 0 bridgehead atoms. The molecule has 0 fully saturated rings. The average Bonchev–Trinajstić information content (AvgIpc) is 2.37. The first-order chi connectivity index (χ1) is 9.04. The summed E-state index contributed by atoms with van der Waals surface area (Å²) in [5, 5.41) is 11.7. The fourth-order valence-corrected chi connectivity index (χ4v) is 1.76. The van der Waals surface area contributed by atoms with E-state index in [9.17, 15) is 4.79 Å². The van der Waals surface area contributed by atoms with Crippen molar-refractivity contribution in [1.82, 2.24) is 5.32 Å². The van der Waals surface area contributed by atoms with Crippen LogP contribution in [0, 0.1) is 6.92 Å². The monoisotopic (exact) mass is 266 g/mol. The van der Waals surface area contributed by atoms with Gasteiger partial charge in [0.1, 0.15) is 11.8 Å². The van der Waals surface area contributed by atoms with Gasteiger partial charge in [-0.05, 0) is 44.0 Å². The molecular formula is C14H22N2O3. The molecule has 0 saturated heterocycles. The van der Waals surface area contributed by atoms with Crippen LogP contribution in [0.3, 0.4) is 0 Å². The highest BCUT2D eigenvalue weighted by Crippen LogP contribution is 2.19. The van der Waals surface area contributed by atoms with Crippen LogP contribution in [0.1, 0.15) is 18.1 Å². The molecule has 1 aromatic carbocycles. The summed E-state index contributed by atoms with van der Waals surface area (Å²) in [6.45, 7) is 5.62. The average molecular weight is 266 g/mol. The molecule has 5 heteroatoms. The molecule has 106 valence electrons. The van der Waals surface area contributed by atoms with E-state index in [0.717, 1.165) is 17.7 Å². The first-order valence-electron chi connectivity index (χ1n) is 6.46. The minimum atomic E-state index is -0.982. The maximum Gasteiger partial charge on any atom is 0.321 e. The maximum atomic E-state index is 10.5. The maximum absolute atomic E-state index is 10.5. The summed E-state index contributed by atoms with van der Waals surface area (Å²) in [5.41, 5.74) is 7.70. The summed E-state index contributed by atoms with van der Waals surface area (Å²) in [5.74, 6) is -0.0727. The van der Waals surface area contributed by atoms with E-state index in [-0.39, 0.29) is 6.54 Å². The summed E-state index contributed by atoms with van der Waals surface area (Å²) in [4.78, 5) is 10.5. The number of carboxylic acids is 1. The third kappa shape index (κ3) is 5.28. The van der Waals surface area contributed by atoms with Crippen molar-refractivity contribution in [2.24, 2.45) is 5.73 Å². The Hall–Kier alpha value is -1.59. The van der Waals surface area contributed by atoms with E-state index in [1.807, 2.05) is 26.0 Å². The number of aliphatic carboxylic acids is 1. The number of hydrogen-bond acceptors (Lipinski definition) is 4. The van der Waals surface area contributed by atoms with Crippen LogP contribution in [-0.2, 0) is 11.2 Å². The molecule has 0 spiro atoms. The smallest absolute Gasteiger partial charge is 0.321 e. The third-order valence-electron chi connectivity index (χ3n) is 2.81. The molecule has 4 N–H and O–H groups in total. The summed E-state index contributed by atoms with van der Waals surface area (Å²) >= 11 is 0. The quantitative estimate of drug-likeness (QED) is 0.610. The van der Waals surface area contributed by atoms with E-state index in [0.29, 0.717) is 13.2 Å². The first kappa shape index (κ1) is 15.5. The second-order valence-corrected chi connectivity index (χ2v) is 4.43. The molecule has 0 aromatic heterocycles. The lowest BCUT2D eigenvalue weighted by molar-refractivity contribution is -0.138. The van der Waals surface area contributed by atoms with Gasteiger partial charge in [0.25, 0.3) is 0 Å². The van der Waals surface area contributed by atoms with Gasteiger partial charge in [0.15, 0.2) is 0 Å². The molecule has 19 heavy (non-hydrogen) atoms. The van der Waals surface area contributed by atoms with Crippen molar-refractivity contribution in [3.8, 4) is 5.75 Å². The Bertz CT molecular complexity index is 421. The lowest BCUT2D eigenvalue weighted by atomic mass is 10.1. The zero-order valence-electron chi connectivity index (χ0n) is 11.5. The first-order valence-corrected chi connectivity index (χ1v) is 6.46. The SMILES string of the molecule is CCOc1ccc(CCNCC(N)C(=O)O)cc1C. The lowest BCUT2D eigenvalue weighted by Crippen LogP contribution is -2.40. The third-order valence-corrected chi connectivity index (χ3v) is 2.81. The molecule has 1 unspecified atom stereocenters. The highest BCUT2D eigenvalue weighted by molar-refractivity contribution is 5.73. The Kier molecular flexibility index (Phi) is 6.32. The summed E-state index contributed by atoms with van der Waals surface area (Å²) < 4.78 is 5.48. The van der Waals surface area contributed by atoms with Crippen LogP contribution in [0.25, 0.3) is 0 Å². The predicted octanol–water partition coefficient (Wildman–Crippen LogP) is 0.938. The van der Waals surface area contributed by atoms with Gasteiger partial charge in [0, 0.05) is 6.54 Å². The predicted molar refractivity (Wildman–Crippen MR) is 74.5 cm³/mol. The Labute approximate surface area is 113 Å². The van der Waals surface area contributed by atoms with Crippen LogP contribution in [0.2, 0.25) is 0 Å². The van der Waals surface area contributed by atoms with Gasteiger partial charge in [-0.2, -0.15) is 0 Å². The molecular weight excluding hydrogens is 244 g/mol. The van der Waals surface area contributed by atoms with Crippen LogP contribution >= 0.6 is 0 Å². The zero-order valence-corrected chi connectivity index (χ0v) is 11.5. The van der Waals surface area contributed by atoms with Crippen molar-refractivity contribution in [2.45, 2.75) is 26.3 Å². The van der Waals surface area contributed by atoms with Gasteiger partial charge in [-0.3, -0.25) is 4.79 Å². The molecule has 1 rings (SSSR count). The number of aryl methyl sites for hydroxylation is 1. The van der Waals surface area contributed by atoms with Gasteiger partial charge in [0.05, 0.1) is 6.61 Å². The Balaban J connectivity index is 2.37. The lowest BCUT2D eigenvalue weighted by Gasteiger charge is -2.10. The zero-order chi connectivity index (χ0) is 14.3. The molecule has 1 atom stereocenters. The normalized spacial score (nSPS) is 12.2. The molecule has 0 radical (unpaired) electrons. The van der Waals surface area contributed by atoms with Crippen LogP contribution in [-0.4, -0.2) is 36.8 Å². The van der Waals surface area contributed by atoms with Crippen molar-refractivity contribution >= 4 is 5.97 Å². The molecule has 0 heterocycles. The fraction of sp³-hybridized carbons (Fsp3) is 0.500. The second kappa shape index (κ2) is 7.76. The number of rotatable bonds is 8. The van der Waals surface area contributed by atoms with Crippen molar-refractivity contribution in [3.05, 3.63) is 29.3 Å². The fourth-order valence-electron chi connectivity index (χ4n) is 1.76. The molecule has 0 aliphatic carbocycles. The van der Waals surface area contributed by atoms with Crippen molar-refractivity contribution in [3.63, 3.8) is 0 Å². The topological polar surface area (TPSA) is 84.6 Å². The molecule has 1 aromatic rings. The number of carboxylic acid groups (broad SMARTS) is 1. The van der Waals surface area contributed by atoms with Gasteiger partial charge in [-0.25, -0.2) is 0 Å². The molecule has 0 aliphatic heterocycles. The van der Waals surface area contributed by atoms with Gasteiger partial charge in [-0.15, -0.1) is 0 Å². The van der Waals surface area contributed by atoms with Gasteiger partial charge in [-0.1, -0.05) is 12.1 Å². The van der Waals surface area contributed by atoms with Crippen molar-refractivity contribution in [2.75, 3.05) is 19.7 Å². The minimum Gasteiger partial charge on any atom is -0.494 e. The Morgan fingerprint density at radius 1 is 1.53 bits per heavy atom. The van der Waals surface area contributed by atoms with E-state index in [2.05, 4.69) is 11.4 Å². The summed E-state index contributed by atoms with van der Waals surface area (Å²) in [7, 11) is 0. The van der Waals surface area contributed by atoms with Crippen molar-refractivity contribution < 1.29 is 14.6 Å². The highest BCUT2D eigenvalue weighted by Gasteiger charge is 2.09. The number of nitrogens with one attached hydrogen (secondary N) is 1. The molecule has 5 nitrogen and oxygen atoms in total. The van der Waals surface area contributed by atoms with E-state index in [1.54, 1.807) is 0 Å². The number of carbonyl (C=O) groups is 1. The van der Waals surface area contributed by atoms with Crippen LogP contribution in [0.4, 0.5) is 0 Å². The Morgan fingerprint density at radius 2 is 2.26 bits per heavy atom. The van der Waals surface area contributed by atoms with Gasteiger partial charge in [0.2, 0.25) is 0 Å². The van der Waals surface area contributed by atoms with Crippen LogP contribution in [0.5, 0.6) is 5.75 Å². The van der Waals surface area contributed by atoms with Crippen molar-refractivity contribution in [1.29, 1.82) is 0 Å². The summed E-state index contributed by atoms with van der Waals surface area (Å²) in [6, 6.07) is 5.24. The van der Waals surface area contributed by atoms with Crippen LogP contribution in [0.15, 0.2) is 18.2 Å². The molecule has 0 aliphatic rings. The number of nitrogens with two attached hydrogens (primary N) is 1. The molecule has 0 amide bonds. The largest absolute Gasteiger partial charge is 0.494 e. The summed E-state index contributed by atoms with van der Waals surface area (Å²) in [6.07, 6.45) is 0.833. The number of benzene rings is 1. The molecule has 0 saturated carbocycles. The van der Waals surface area contributed by atoms with E-state index in [1.165, 1.54) is 5.56 Å². The van der Waals surface area contributed by atoms with Gasteiger partial charge < -0.3 is 20.9 Å².